The van der Waals surface area contributed by atoms with Gasteiger partial charge in [-0.1, -0.05) is 0 Å². The summed E-state index contributed by atoms with van der Waals surface area (Å²) in [5, 5.41) is 10.5. The van der Waals surface area contributed by atoms with Gasteiger partial charge in [0.1, 0.15) is 0 Å². The maximum atomic E-state index is 12.0. The highest BCUT2D eigenvalue weighted by molar-refractivity contribution is 7.85. The third-order valence-electron chi connectivity index (χ3n) is 2.59. The lowest BCUT2D eigenvalue weighted by molar-refractivity contribution is -0.384. The molecule has 0 amide bonds. The number of carbonyl (C=O) groups is 1. The number of aryl methyl sites for hydroxylation is 1. The molecular formula is C13H11NO4S2. The maximum absolute atomic E-state index is 12.0. The predicted octanol–water partition coefficient (Wildman–Crippen LogP) is 2.96. The second-order valence-corrected chi connectivity index (χ2v) is 6.81. The largest absolute Gasteiger partial charge is 0.292 e. The number of nitrogens with zero attached hydrogens (tertiary/aromatic N) is 1. The smallest absolute Gasteiger partial charge is 0.269 e. The summed E-state index contributed by atoms with van der Waals surface area (Å²) >= 11 is 1.37. The molecule has 1 aromatic heterocycles. The summed E-state index contributed by atoms with van der Waals surface area (Å²) < 4.78 is 12.0. The standard InChI is InChI=1S/C13H11NO4S2/c1-9-2-7-13(19-9)12(15)8-20(18)11-5-3-10(4-6-11)14(16)17/h2-7H,8H2,1H3. The van der Waals surface area contributed by atoms with Crippen LogP contribution in [0.15, 0.2) is 41.3 Å². The zero-order chi connectivity index (χ0) is 14.7. The van der Waals surface area contributed by atoms with Crippen molar-refractivity contribution in [3.05, 3.63) is 56.3 Å². The van der Waals surface area contributed by atoms with Gasteiger partial charge in [-0.15, -0.1) is 11.3 Å². The van der Waals surface area contributed by atoms with Crippen molar-refractivity contribution in [2.75, 3.05) is 5.75 Å². The Morgan fingerprint density at radius 1 is 1.25 bits per heavy atom. The van der Waals surface area contributed by atoms with Gasteiger partial charge in [-0.05, 0) is 31.2 Å². The van der Waals surface area contributed by atoms with E-state index in [9.17, 15) is 19.1 Å². The number of hydrogen-bond acceptors (Lipinski definition) is 5. The highest BCUT2D eigenvalue weighted by Crippen LogP contribution is 2.18. The van der Waals surface area contributed by atoms with Gasteiger partial charge in [0.15, 0.2) is 5.78 Å². The minimum Gasteiger partial charge on any atom is -0.292 e. The number of benzene rings is 1. The van der Waals surface area contributed by atoms with Gasteiger partial charge < -0.3 is 0 Å². The molecule has 0 aliphatic rings. The van der Waals surface area contributed by atoms with E-state index in [1.54, 1.807) is 6.07 Å². The topological polar surface area (TPSA) is 77.3 Å². The number of thiophene rings is 1. The molecule has 5 nitrogen and oxygen atoms in total. The number of non-ortho nitro benzene ring substituents is 1. The van der Waals surface area contributed by atoms with Crippen LogP contribution in [0.3, 0.4) is 0 Å². The monoisotopic (exact) mass is 309 g/mol. The zero-order valence-electron chi connectivity index (χ0n) is 10.6. The number of hydrogen-bond donors (Lipinski definition) is 0. The Morgan fingerprint density at radius 3 is 2.40 bits per heavy atom. The van der Waals surface area contributed by atoms with Crippen molar-refractivity contribution in [1.82, 2.24) is 0 Å². The summed E-state index contributed by atoms with van der Waals surface area (Å²) in [6.45, 7) is 1.90. The molecule has 20 heavy (non-hydrogen) atoms. The van der Waals surface area contributed by atoms with Gasteiger partial charge >= 0.3 is 0 Å². The fourth-order valence-electron chi connectivity index (χ4n) is 1.58. The molecule has 1 aromatic carbocycles. The highest BCUT2D eigenvalue weighted by atomic mass is 32.2. The van der Waals surface area contributed by atoms with Crippen LogP contribution >= 0.6 is 11.3 Å². The van der Waals surface area contributed by atoms with Crippen LogP contribution in [0.2, 0.25) is 0 Å². The first kappa shape index (κ1) is 14.5. The number of nitro groups is 1. The van der Waals surface area contributed by atoms with Crippen molar-refractivity contribution >= 4 is 33.6 Å². The first-order valence-corrected chi connectivity index (χ1v) is 7.83. The predicted molar refractivity (Wildman–Crippen MR) is 77.8 cm³/mol. The lowest BCUT2D eigenvalue weighted by Gasteiger charge is -2.00. The molecule has 1 heterocycles. The summed E-state index contributed by atoms with van der Waals surface area (Å²) in [4.78, 5) is 23.9. The lowest BCUT2D eigenvalue weighted by Crippen LogP contribution is -2.09. The minimum absolute atomic E-state index is 0.0639. The molecule has 7 heteroatoms. The van der Waals surface area contributed by atoms with Gasteiger partial charge in [-0.25, -0.2) is 0 Å². The SMILES string of the molecule is Cc1ccc(C(=O)CS(=O)c2ccc([N+](=O)[O-])cc2)s1. The second-order valence-electron chi connectivity index (χ2n) is 4.07. The Balaban J connectivity index is 2.08. The van der Waals surface area contributed by atoms with Crippen molar-refractivity contribution in [2.24, 2.45) is 0 Å². The molecule has 0 bridgehead atoms. The second kappa shape index (κ2) is 6.06. The van der Waals surface area contributed by atoms with Crippen molar-refractivity contribution in [3.8, 4) is 0 Å². The molecule has 104 valence electrons. The summed E-state index contributed by atoms with van der Waals surface area (Å²) in [5.41, 5.74) is -0.0639. The van der Waals surface area contributed by atoms with E-state index in [2.05, 4.69) is 0 Å². The first-order valence-electron chi connectivity index (χ1n) is 5.70. The third kappa shape index (κ3) is 3.37. The molecule has 0 aliphatic heterocycles. The highest BCUT2D eigenvalue weighted by Gasteiger charge is 2.15. The maximum Gasteiger partial charge on any atom is 0.269 e. The molecule has 0 aliphatic carbocycles. The van der Waals surface area contributed by atoms with E-state index >= 15 is 0 Å². The Labute approximate surface area is 121 Å². The molecule has 1 unspecified atom stereocenters. The average molecular weight is 309 g/mol. The third-order valence-corrected chi connectivity index (χ3v) is 4.95. The van der Waals surface area contributed by atoms with Crippen LogP contribution in [-0.2, 0) is 10.8 Å². The van der Waals surface area contributed by atoms with Gasteiger partial charge in [0.05, 0.1) is 26.4 Å². The van der Waals surface area contributed by atoms with Crippen molar-refractivity contribution in [1.29, 1.82) is 0 Å². The normalized spacial score (nSPS) is 12.1. The van der Waals surface area contributed by atoms with Crippen LogP contribution in [0.1, 0.15) is 14.5 Å². The van der Waals surface area contributed by atoms with Crippen LogP contribution in [0.25, 0.3) is 0 Å². The molecular weight excluding hydrogens is 298 g/mol. The molecule has 0 radical (unpaired) electrons. The van der Waals surface area contributed by atoms with Gasteiger partial charge in [0.25, 0.3) is 5.69 Å². The number of Topliss-reactive ketones (excluding diaryl/α,β-unsaturated/α-hetero) is 1. The van der Waals surface area contributed by atoms with Gasteiger partial charge in [0.2, 0.25) is 0 Å². The molecule has 0 saturated carbocycles. The minimum atomic E-state index is -1.49. The number of ketones is 1. The molecule has 2 rings (SSSR count). The Bertz CT molecular complexity index is 676. The van der Waals surface area contributed by atoms with Gasteiger partial charge in [-0.2, -0.15) is 0 Å². The summed E-state index contributed by atoms with van der Waals surface area (Å²) in [6.07, 6.45) is 0. The molecule has 0 saturated heterocycles. The van der Waals surface area contributed by atoms with Crippen molar-refractivity contribution in [3.63, 3.8) is 0 Å². The lowest BCUT2D eigenvalue weighted by atomic mass is 10.3. The summed E-state index contributed by atoms with van der Waals surface area (Å²) in [6, 6.07) is 8.96. The summed E-state index contributed by atoms with van der Waals surface area (Å²) in [7, 11) is -1.49. The molecule has 0 spiro atoms. The van der Waals surface area contributed by atoms with Crippen LogP contribution in [0.4, 0.5) is 5.69 Å². The number of carbonyl (C=O) groups excluding carboxylic acids is 1. The van der Waals surface area contributed by atoms with E-state index in [1.807, 2.05) is 13.0 Å². The van der Waals surface area contributed by atoms with E-state index < -0.39 is 15.7 Å². The van der Waals surface area contributed by atoms with Crippen LogP contribution in [0, 0.1) is 17.0 Å². The van der Waals surface area contributed by atoms with Crippen LogP contribution < -0.4 is 0 Å². The average Bonchev–Trinajstić information content (AvgIpc) is 2.85. The first-order chi connectivity index (χ1) is 9.47. The number of nitro benzene ring substituents is 1. The molecule has 0 fully saturated rings. The Kier molecular flexibility index (Phi) is 4.41. The van der Waals surface area contributed by atoms with E-state index in [-0.39, 0.29) is 17.2 Å². The number of rotatable bonds is 5. The molecule has 2 aromatic rings. The van der Waals surface area contributed by atoms with E-state index in [4.69, 9.17) is 0 Å². The molecule has 0 N–H and O–H groups in total. The Hall–Kier alpha value is -1.86. The molecule has 1 atom stereocenters. The van der Waals surface area contributed by atoms with Crippen molar-refractivity contribution < 1.29 is 13.9 Å². The van der Waals surface area contributed by atoms with Gasteiger partial charge in [-0.3, -0.25) is 19.1 Å². The fraction of sp³-hybridized carbons (Fsp3) is 0.154. The fourth-order valence-corrected chi connectivity index (χ4v) is 3.47. The van der Waals surface area contributed by atoms with Crippen LogP contribution in [-0.4, -0.2) is 20.7 Å². The van der Waals surface area contributed by atoms with E-state index in [1.165, 1.54) is 35.6 Å². The van der Waals surface area contributed by atoms with E-state index in [0.717, 1.165) is 4.88 Å². The zero-order valence-corrected chi connectivity index (χ0v) is 12.2. The Morgan fingerprint density at radius 2 is 1.90 bits per heavy atom. The van der Waals surface area contributed by atoms with Crippen molar-refractivity contribution in [2.45, 2.75) is 11.8 Å². The van der Waals surface area contributed by atoms with E-state index in [0.29, 0.717) is 9.77 Å². The van der Waals surface area contributed by atoms with Crippen LogP contribution in [0.5, 0.6) is 0 Å². The summed E-state index contributed by atoms with van der Waals surface area (Å²) in [5.74, 6) is -0.294. The quantitative estimate of drug-likeness (QED) is 0.483. The van der Waals surface area contributed by atoms with Gasteiger partial charge in [0, 0.05) is 21.9 Å².